The SMILES string of the molecule is C#CCOC(=CC(C)CCC1OC1(C)C)Oc1ccccc1. The second kappa shape index (κ2) is 7.38. The zero-order valence-corrected chi connectivity index (χ0v) is 13.5. The number of hydrogen-bond donors (Lipinski definition) is 0. The van der Waals surface area contributed by atoms with Crippen LogP contribution in [0.15, 0.2) is 42.4 Å². The lowest BCUT2D eigenvalue weighted by molar-refractivity contribution is 0.126. The Hall–Kier alpha value is -1.92. The van der Waals surface area contributed by atoms with Crippen LogP contribution in [-0.2, 0) is 9.47 Å². The van der Waals surface area contributed by atoms with Crippen molar-refractivity contribution in [3.63, 3.8) is 0 Å². The van der Waals surface area contributed by atoms with Gasteiger partial charge in [0.2, 0.25) is 0 Å². The van der Waals surface area contributed by atoms with E-state index in [4.69, 9.17) is 20.6 Å². The Morgan fingerprint density at radius 3 is 2.68 bits per heavy atom. The first-order valence-electron chi connectivity index (χ1n) is 7.70. The summed E-state index contributed by atoms with van der Waals surface area (Å²) in [5.74, 6) is 4.00. The topological polar surface area (TPSA) is 31.0 Å². The maximum absolute atomic E-state index is 5.76. The van der Waals surface area contributed by atoms with E-state index in [0.717, 1.165) is 18.6 Å². The van der Waals surface area contributed by atoms with Gasteiger partial charge in [-0.2, -0.15) is 0 Å². The molecule has 0 aliphatic carbocycles. The van der Waals surface area contributed by atoms with E-state index in [9.17, 15) is 0 Å². The van der Waals surface area contributed by atoms with Crippen molar-refractivity contribution in [3.8, 4) is 18.1 Å². The molecule has 0 radical (unpaired) electrons. The van der Waals surface area contributed by atoms with Gasteiger partial charge < -0.3 is 14.2 Å². The number of terminal acetylenes is 1. The molecule has 0 amide bonds. The van der Waals surface area contributed by atoms with E-state index in [1.54, 1.807) is 0 Å². The van der Waals surface area contributed by atoms with Crippen LogP contribution in [0.3, 0.4) is 0 Å². The smallest absolute Gasteiger partial charge is 0.281 e. The van der Waals surface area contributed by atoms with Gasteiger partial charge in [0.1, 0.15) is 5.75 Å². The Morgan fingerprint density at radius 2 is 2.09 bits per heavy atom. The van der Waals surface area contributed by atoms with Crippen LogP contribution < -0.4 is 4.74 Å². The molecule has 3 heteroatoms. The second-order valence-electron chi connectivity index (χ2n) is 6.16. The van der Waals surface area contributed by atoms with E-state index < -0.39 is 0 Å². The minimum atomic E-state index is 0.0484. The van der Waals surface area contributed by atoms with Gasteiger partial charge in [-0.3, -0.25) is 0 Å². The highest BCUT2D eigenvalue weighted by Gasteiger charge is 2.46. The third-order valence-corrected chi connectivity index (χ3v) is 3.73. The van der Waals surface area contributed by atoms with Crippen LogP contribution in [-0.4, -0.2) is 18.3 Å². The minimum Gasteiger partial charge on any atom is -0.452 e. The predicted molar refractivity (Wildman–Crippen MR) is 87.3 cm³/mol. The van der Waals surface area contributed by atoms with Gasteiger partial charge in [-0.15, -0.1) is 6.42 Å². The fraction of sp³-hybridized carbons (Fsp3) is 0.474. The Balaban J connectivity index is 1.90. The van der Waals surface area contributed by atoms with Crippen molar-refractivity contribution in [2.45, 2.75) is 45.3 Å². The molecule has 118 valence electrons. The molecule has 0 N–H and O–H groups in total. The summed E-state index contributed by atoms with van der Waals surface area (Å²) in [7, 11) is 0. The molecule has 0 bridgehead atoms. The summed E-state index contributed by atoms with van der Waals surface area (Å²) in [5.41, 5.74) is 0.0484. The van der Waals surface area contributed by atoms with Crippen molar-refractivity contribution < 1.29 is 14.2 Å². The number of epoxide rings is 1. The normalized spacial score (nSPS) is 20.8. The van der Waals surface area contributed by atoms with Crippen LogP contribution in [0.25, 0.3) is 0 Å². The molecule has 1 aliphatic rings. The molecule has 1 aliphatic heterocycles. The van der Waals surface area contributed by atoms with Crippen LogP contribution in [0.4, 0.5) is 0 Å². The largest absolute Gasteiger partial charge is 0.452 e. The summed E-state index contributed by atoms with van der Waals surface area (Å²) in [4.78, 5) is 0. The lowest BCUT2D eigenvalue weighted by atomic mass is 10.00. The van der Waals surface area contributed by atoms with Gasteiger partial charge in [-0.1, -0.05) is 31.0 Å². The summed E-state index contributed by atoms with van der Waals surface area (Å²) in [5, 5.41) is 0. The van der Waals surface area contributed by atoms with Crippen LogP contribution in [0.5, 0.6) is 5.75 Å². The molecule has 1 saturated heterocycles. The van der Waals surface area contributed by atoms with Crippen molar-refractivity contribution in [1.82, 2.24) is 0 Å². The molecular formula is C19H24O3. The lowest BCUT2D eigenvalue weighted by Crippen LogP contribution is -2.07. The molecule has 1 heterocycles. The summed E-state index contributed by atoms with van der Waals surface area (Å²) < 4.78 is 16.9. The third-order valence-electron chi connectivity index (χ3n) is 3.73. The van der Waals surface area contributed by atoms with Gasteiger partial charge in [-0.05, 0) is 50.8 Å². The Labute approximate surface area is 133 Å². The maximum atomic E-state index is 5.76. The van der Waals surface area contributed by atoms with E-state index in [1.807, 2.05) is 36.4 Å². The van der Waals surface area contributed by atoms with E-state index in [0.29, 0.717) is 18.0 Å². The zero-order valence-electron chi connectivity index (χ0n) is 13.5. The maximum Gasteiger partial charge on any atom is 0.281 e. The number of hydrogen-bond acceptors (Lipinski definition) is 3. The van der Waals surface area contributed by atoms with Gasteiger partial charge in [-0.25, -0.2) is 0 Å². The first kappa shape index (κ1) is 16.5. The molecule has 2 unspecified atom stereocenters. The fourth-order valence-corrected chi connectivity index (χ4v) is 2.30. The molecular weight excluding hydrogens is 276 g/mol. The highest BCUT2D eigenvalue weighted by Crippen LogP contribution is 2.39. The fourth-order valence-electron chi connectivity index (χ4n) is 2.30. The molecule has 0 spiro atoms. The van der Waals surface area contributed by atoms with E-state index in [2.05, 4.69) is 26.7 Å². The van der Waals surface area contributed by atoms with E-state index >= 15 is 0 Å². The molecule has 1 fully saturated rings. The number of benzene rings is 1. The summed E-state index contributed by atoms with van der Waals surface area (Å²) in [6.07, 6.45) is 9.68. The molecule has 22 heavy (non-hydrogen) atoms. The van der Waals surface area contributed by atoms with Crippen LogP contribution in [0, 0.1) is 18.3 Å². The van der Waals surface area contributed by atoms with E-state index in [1.165, 1.54) is 0 Å². The minimum absolute atomic E-state index is 0.0484. The van der Waals surface area contributed by atoms with Crippen molar-refractivity contribution in [3.05, 3.63) is 42.4 Å². The summed E-state index contributed by atoms with van der Waals surface area (Å²) in [6.45, 7) is 6.59. The first-order valence-corrected chi connectivity index (χ1v) is 7.70. The molecule has 0 saturated carbocycles. The monoisotopic (exact) mass is 300 g/mol. The van der Waals surface area contributed by atoms with Gasteiger partial charge in [0.25, 0.3) is 5.95 Å². The van der Waals surface area contributed by atoms with Crippen LogP contribution in [0.1, 0.15) is 33.6 Å². The standard InChI is InChI=1S/C19H24O3/c1-5-13-20-18(21-16-9-7-6-8-10-16)14-15(2)11-12-17-19(3,4)22-17/h1,6-10,14-15,17H,11-13H2,2-4H3. The lowest BCUT2D eigenvalue weighted by Gasteiger charge is -2.12. The highest BCUT2D eigenvalue weighted by molar-refractivity contribution is 5.22. The molecule has 1 aromatic rings. The average molecular weight is 300 g/mol. The first-order chi connectivity index (χ1) is 10.5. The van der Waals surface area contributed by atoms with Crippen molar-refractivity contribution in [2.75, 3.05) is 6.61 Å². The second-order valence-corrected chi connectivity index (χ2v) is 6.16. The van der Waals surface area contributed by atoms with E-state index in [-0.39, 0.29) is 12.2 Å². The van der Waals surface area contributed by atoms with Crippen LogP contribution >= 0.6 is 0 Å². The van der Waals surface area contributed by atoms with Gasteiger partial charge in [0.05, 0.1) is 11.7 Å². The summed E-state index contributed by atoms with van der Waals surface area (Å²) >= 11 is 0. The number of para-hydroxylation sites is 1. The molecule has 2 atom stereocenters. The van der Waals surface area contributed by atoms with Crippen molar-refractivity contribution >= 4 is 0 Å². The van der Waals surface area contributed by atoms with Gasteiger partial charge >= 0.3 is 0 Å². The Morgan fingerprint density at radius 1 is 1.41 bits per heavy atom. The Kier molecular flexibility index (Phi) is 5.51. The number of allylic oxidation sites excluding steroid dienone is 1. The number of rotatable bonds is 8. The quantitative estimate of drug-likeness (QED) is 0.410. The van der Waals surface area contributed by atoms with Gasteiger partial charge in [0, 0.05) is 0 Å². The van der Waals surface area contributed by atoms with Crippen molar-refractivity contribution in [1.29, 1.82) is 0 Å². The predicted octanol–water partition coefficient (Wildman–Crippen LogP) is 4.15. The third kappa shape index (κ3) is 5.13. The van der Waals surface area contributed by atoms with Gasteiger partial charge in [0.15, 0.2) is 6.61 Å². The average Bonchev–Trinajstić information content (AvgIpc) is 3.11. The zero-order chi connectivity index (χ0) is 16.0. The van der Waals surface area contributed by atoms with Crippen LogP contribution in [0.2, 0.25) is 0 Å². The molecule has 2 rings (SSSR count). The number of ether oxygens (including phenoxy) is 3. The Bertz CT molecular complexity index is 540. The summed E-state index contributed by atoms with van der Waals surface area (Å²) in [6, 6.07) is 9.56. The molecule has 0 aromatic heterocycles. The molecule has 3 nitrogen and oxygen atoms in total. The molecule has 1 aromatic carbocycles. The highest BCUT2D eigenvalue weighted by atomic mass is 16.7. The van der Waals surface area contributed by atoms with Crippen molar-refractivity contribution in [2.24, 2.45) is 5.92 Å².